The number of aromatic nitrogens is 3. The Balaban J connectivity index is 1.64. The first-order valence-corrected chi connectivity index (χ1v) is 11.0. The van der Waals surface area contributed by atoms with Gasteiger partial charge in [0, 0.05) is 11.8 Å². The van der Waals surface area contributed by atoms with Crippen LogP contribution < -0.4 is 20.6 Å². The van der Waals surface area contributed by atoms with Gasteiger partial charge in [-0.05, 0) is 29.8 Å². The molecule has 0 unspecified atom stereocenters. The molecule has 168 valence electrons. The molecule has 0 spiro atoms. The summed E-state index contributed by atoms with van der Waals surface area (Å²) >= 11 is 1.21. The Morgan fingerprint density at radius 3 is 2.48 bits per heavy atom. The molecule has 0 aliphatic carbocycles. The molecule has 8 nitrogen and oxygen atoms in total. The number of nitrogens with zero attached hydrogens (tertiary/aromatic N) is 3. The first-order chi connectivity index (χ1) is 16.1. The maximum atomic E-state index is 13.3. The van der Waals surface area contributed by atoms with Gasteiger partial charge in [-0.15, -0.1) is 10.2 Å². The van der Waals surface area contributed by atoms with E-state index in [2.05, 4.69) is 15.5 Å². The largest absolute Gasteiger partial charge is 0.497 e. The van der Waals surface area contributed by atoms with Crippen LogP contribution in [-0.4, -0.2) is 35.0 Å². The van der Waals surface area contributed by atoms with E-state index in [1.54, 1.807) is 26.4 Å². The molecule has 3 aromatic carbocycles. The first-order valence-electron chi connectivity index (χ1n) is 10.1. The van der Waals surface area contributed by atoms with E-state index in [4.69, 9.17) is 15.3 Å². The number of hydrogen-bond donors (Lipinski definition) is 2. The fourth-order valence-corrected chi connectivity index (χ4v) is 4.24. The standard InChI is InChI=1S/C24H23N5O3S/c1-31-18-12-8-11-17(15-18)26-23(30)21(16-9-4-3-5-10-16)33-24-28-27-22(29(24)25)19-13-6-7-14-20(19)32-2/h3-15,21H,25H2,1-2H3,(H,26,30)/t21-/m0/s1. The normalized spacial score (nSPS) is 11.6. The van der Waals surface area contributed by atoms with Crippen molar-refractivity contribution in [3.8, 4) is 22.9 Å². The molecule has 4 rings (SSSR count). The number of thioether (sulfide) groups is 1. The van der Waals surface area contributed by atoms with Crippen LogP contribution in [0.1, 0.15) is 10.8 Å². The molecule has 1 aromatic heterocycles. The van der Waals surface area contributed by atoms with Gasteiger partial charge in [-0.25, -0.2) is 4.68 Å². The number of nitrogen functional groups attached to an aromatic ring is 1. The highest BCUT2D eigenvalue weighted by molar-refractivity contribution is 8.00. The molecule has 3 N–H and O–H groups in total. The van der Waals surface area contributed by atoms with Crippen molar-refractivity contribution in [3.63, 3.8) is 0 Å². The number of hydrogen-bond acceptors (Lipinski definition) is 7. The molecule has 0 aliphatic rings. The summed E-state index contributed by atoms with van der Waals surface area (Å²) in [5.41, 5.74) is 2.15. The molecule has 33 heavy (non-hydrogen) atoms. The van der Waals surface area contributed by atoms with E-state index in [1.807, 2.05) is 66.7 Å². The summed E-state index contributed by atoms with van der Waals surface area (Å²) in [6.07, 6.45) is 0. The average molecular weight is 462 g/mol. The lowest BCUT2D eigenvalue weighted by atomic mass is 10.1. The minimum atomic E-state index is -0.616. The zero-order valence-electron chi connectivity index (χ0n) is 18.1. The SMILES string of the molecule is COc1cccc(NC(=O)[C@@H](Sc2nnc(-c3ccccc3OC)n2N)c2ccccc2)c1. The third-order valence-corrected chi connectivity index (χ3v) is 6.12. The number of rotatable bonds is 8. The second-order valence-corrected chi connectivity index (χ2v) is 8.08. The molecule has 9 heteroatoms. The third-order valence-electron chi connectivity index (χ3n) is 4.91. The number of nitrogens with two attached hydrogens (primary N) is 1. The Morgan fingerprint density at radius 2 is 1.73 bits per heavy atom. The smallest absolute Gasteiger partial charge is 0.242 e. The van der Waals surface area contributed by atoms with Crippen LogP contribution in [0.15, 0.2) is 84.0 Å². The molecule has 1 atom stereocenters. The van der Waals surface area contributed by atoms with Crippen LogP contribution in [0.25, 0.3) is 11.4 Å². The van der Waals surface area contributed by atoms with Gasteiger partial charge in [0.15, 0.2) is 5.82 Å². The topological polar surface area (TPSA) is 104 Å². The molecule has 0 bridgehead atoms. The number of anilines is 1. The quantitative estimate of drug-likeness (QED) is 0.300. The van der Waals surface area contributed by atoms with Crippen molar-refractivity contribution in [2.24, 2.45) is 0 Å². The molecular formula is C24H23N5O3S. The van der Waals surface area contributed by atoms with Crippen molar-refractivity contribution >= 4 is 23.4 Å². The summed E-state index contributed by atoms with van der Waals surface area (Å²) in [7, 11) is 3.16. The Hall–Kier alpha value is -3.98. The van der Waals surface area contributed by atoms with E-state index in [-0.39, 0.29) is 5.91 Å². The number of amides is 1. The van der Waals surface area contributed by atoms with Crippen LogP contribution in [-0.2, 0) is 4.79 Å². The zero-order valence-corrected chi connectivity index (χ0v) is 19.0. The van der Waals surface area contributed by atoms with Crippen LogP contribution in [0.5, 0.6) is 11.5 Å². The Bertz CT molecular complexity index is 1250. The van der Waals surface area contributed by atoms with Gasteiger partial charge >= 0.3 is 0 Å². The summed E-state index contributed by atoms with van der Waals surface area (Å²) in [6.45, 7) is 0. The monoisotopic (exact) mass is 461 g/mol. The van der Waals surface area contributed by atoms with Crippen LogP contribution in [0.3, 0.4) is 0 Å². The third kappa shape index (κ3) is 4.93. The minimum absolute atomic E-state index is 0.221. The number of nitrogens with one attached hydrogen (secondary N) is 1. The number of para-hydroxylation sites is 1. The van der Waals surface area contributed by atoms with Crippen molar-refractivity contribution in [2.75, 3.05) is 25.4 Å². The van der Waals surface area contributed by atoms with E-state index >= 15 is 0 Å². The molecule has 0 fully saturated rings. The minimum Gasteiger partial charge on any atom is -0.497 e. The number of benzene rings is 3. The molecule has 0 saturated heterocycles. The lowest BCUT2D eigenvalue weighted by Crippen LogP contribution is -2.20. The highest BCUT2D eigenvalue weighted by Crippen LogP contribution is 2.37. The van der Waals surface area contributed by atoms with E-state index < -0.39 is 5.25 Å². The second-order valence-electron chi connectivity index (χ2n) is 7.01. The molecule has 0 radical (unpaired) electrons. The predicted molar refractivity (Wildman–Crippen MR) is 129 cm³/mol. The number of carbonyl (C=O) groups excluding carboxylic acids is 1. The summed E-state index contributed by atoms with van der Waals surface area (Å²) in [6, 6.07) is 24.1. The molecule has 1 heterocycles. The molecule has 0 aliphatic heterocycles. The summed E-state index contributed by atoms with van der Waals surface area (Å²) in [5.74, 6) is 7.84. The van der Waals surface area contributed by atoms with E-state index in [9.17, 15) is 4.79 Å². The second kappa shape index (κ2) is 10.1. The van der Waals surface area contributed by atoms with Gasteiger partial charge in [0.05, 0.1) is 19.8 Å². The van der Waals surface area contributed by atoms with Gasteiger partial charge in [0.25, 0.3) is 0 Å². The highest BCUT2D eigenvalue weighted by atomic mass is 32.2. The number of carbonyl (C=O) groups is 1. The van der Waals surface area contributed by atoms with Crippen molar-refractivity contribution in [1.29, 1.82) is 0 Å². The molecular weight excluding hydrogens is 438 g/mol. The summed E-state index contributed by atoms with van der Waals surface area (Å²) in [4.78, 5) is 13.3. The van der Waals surface area contributed by atoms with Crippen molar-refractivity contribution in [1.82, 2.24) is 14.9 Å². The highest BCUT2D eigenvalue weighted by Gasteiger charge is 2.26. The Kier molecular flexibility index (Phi) is 6.80. The fourth-order valence-electron chi connectivity index (χ4n) is 3.29. The van der Waals surface area contributed by atoms with Crippen LogP contribution in [0.2, 0.25) is 0 Å². The summed E-state index contributed by atoms with van der Waals surface area (Å²) < 4.78 is 12.0. The Labute approximate surface area is 195 Å². The van der Waals surface area contributed by atoms with Gasteiger partial charge in [-0.3, -0.25) is 4.79 Å². The number of ether oxygens (including phenoxy) is 2. The van der Waals surface area contributed by atoms with Gasteiger partial charge < -0.3 is 20.6 Å². The van der Waals surface area contributed by atoms with E-state index in [0.717, 1.165) is 5.56 Å². The molecule has 4 aromatic rings. The van der Waals surface area contributed by atoms with Gasteiger partial charge in [-0.2, -0.15) is 0 Å². The zero-order chi connectivity index (χ0) is 23.2. The lowest BCUT2D eigenvalue weighted by molar-refractivity contribution is -0.115. The Morgan fingerprint density at radius 1 is 0.970 bits per heavy atom. The van der Waals surface area contributed by atoms with Crippen LogP contribution in [0, 0.1) is 0 Å². The van der Waals surface area contributed by atoms with Crippen molar-refractivity contribution in [3.05, 3.63) is 84.4 Å². The average Bonchev–Trinajstić information content (AvgIpc) is 3.22. The maximum Gasteiger partial charge on any atom is 0.242 e. The van der Waals surface area contributed by atoms with Crippen LogP contribution >= 0.6 is 11.8 Å². The van der Waals surface area contributed by atoms with Crippen molar-refractivity contribution < 1.29 is 14.3 Å². The first kappa shape index (κ1) is 22.2. The lowest BCUT2D eigenvalue weighted by Gasteiger charge is -2.17. The maximum absolute atomic E-state index is 13.3. The van der Waals surface area contributed by atoms with E-state index in [1.165, 1.54) is 16.4 Å². The molecule has 0 saturated carbocycles. The van der Waals surface area contributed by atoms with Gasteiger partial charge in [0.1, 0.15) is 16.7 Å². The van der Waals surface area contributed by atoms with Crippen LogP contribution in [0.4, 0.5) is 5.69 Å². The fraction of sp³-hybridized carbons (Fsp3) is 0.125. The summed E-state index contributed by atoms with van der Waals surface area (Å²) in [5, 5.41) is 11.2. The number of methoxy groups -OCH3 is 2. The van der Waals surface area contributed by atoms with E-state index in [0.29, 0.717) is 33.7 Å². The van der Waals surface area contributed by atoms with Gasteiger partial charge in [0.2, 0.25) is 11.1 Å². The van der Waals surface area contributed by atoms with Crippen molar-refractivity contribution in [2.45, 2.75) is 10.4 Å². The molecule has 1 amide bonds. The van der Waals surface area contributed by atoms with Gasteiger partial charge in [-0.1, -0.05) is 60.3 Å². The predicted octanol–water partition coefficient (Wildman–Crippen LogP) is 4.15.